The molecule has 3 heterocycles. The molecule has 5 rings (SSSR count). The Hall–Kier alpha value is -3.24. The minimum Gasteiger partial charge on any atom is -0.488 e. The van der Waals surface area contributed by atoms with Gasteiger partial charge in [0.25, 0.3) is 0 Å². The Balaban J connectivity index is 1.19. The van der Waals surface area contributed by atoms with Crippen molar-refractivity contribution in [3.63, 3.8) is 0 Å². The van der Waals surface area contributed by atoms with Crippen LogP contribution in [-0.2, 0) is 4.74 Å². The van der Waals surface area contributed by atoms with Crippen molar-refractivity contribution in [1.29, 1.82) is 0 Å². The van der Waals surface area contributed by atoms with Gasteiger partial charge in [-0.3, -0.25) is 4.98 Å². The number of ether oxygens (including phenoxy) is 3. The van der Waals surface area contributed by atoms with E-state index >= 15 is 0 Å². The van der Waals surface area contributed by atoms with Crippen LogP contribution in [0.3, 0.4) is 0 Å². The van der Waals surface area contributed by atoms with E-state index in [1.54, 1.807) is 24.7 Å². The van der Waals surface area contributed by atoms with Crippen molar-refractivity contribution in [2.24, 2.45) is 0 Å². The van der Waals surface area contributed by atoms with Gasteiger partial charge in [0.05, 0.1) is 24.8 Å². The lowest BCUT2D eigenvalue weighted by Crippen LogP contribution is -2.36. The highest BCUT2D eigenvalue weighted by molar-refractivity contribution is 5.85. The number of rotatable bonds is 9. The van der Waals surface area contributed by atoms with E-state index in [2.05, 4.69) is 47.2 Å². The summed E-state index contributed by atoms with van der Waals surface area (Å²) < 4.78 is 17.8. The van der Waals surface area contributed by atoms with Crippen molar-refractivity contribution < 1.29 is 14.2 Å². The van der Waals surface area contributed by atoms with E-state index in [9.17, 15) is 0 Å². The molecule has 1 aliphatic carbocycles. The second-order valence-corrected chi connectivity index (χ2v) is 9.57. The average molecular weight is 494 g/mol. The van der Waals surface area contributed by atoms with E-state index in [4.69, 9.17) is 14.2 Å². The van der Waals surface area contributed by atoms with Gasteiger partial charge in [0.2, 0.25) is 11.8 Å². The number of aromatic nitrogens is 4. The molecule has 3 aromatic rings. The maximum atomic E-state index is 6.54. The summed E-state index contributed by atoms with van der Waals surface area (Å²) >= 11 is 0. The van der Waals surface area contributed by atoms with Crippen LogP contribution in [0.5, 0.6) is 11.6 Å². The summed E-state index contributed by atoms with van der Waals surface area (Å²) in [7, 11) is 4.04. The summed E-state index contributed by atoms with van der Waals surface area (Å²) in [5.74, 6) is 2.02. The van der Waals surface area contributed by atoms with Gasteiger partial charge in [0, 0.05) is 62.1 Å². The number of likely N-dealkylation sites (N-methyl/N-ethyl adjacent to an activating group) is 1. The molecule has 0 radical (unpaired) electrons. The molecule has 36 heavy (non-hydrogen) atoms. The summed E-state index contributed by atoms with van der Waals surface area (Å²) in [6.45, 7) is 4.64. The van der Waals surface area contributed by atoms with Gasteiger partial charge in [-0.15, -0.1) is 0 Å². The molecular formula is C26H35N7O3. The molecule has 0 spiro atoms. The van der Waals surface area contributed by atoms with E-state index in [1.165, 1.54) is 0 Å². The predicted octanol–water partition coefficient (Wildman–Crippen LogP) is 3.00. The third-order valence-electron chi connectivity index (χ3n) is 6.62. The van der Waals surface area contributed by atoms with Gasteiger partial charge in [-0.25, -0.2) is 9.97 Å². The molecule has 0 bridgehead atoms. The van der Waals surface area contributed by atoms with Crippen molar-refractivity contribution >= 4 is 22.7 Å². The van der Waals surface area contributed by atoms with Crippen LogP contribution in [-0.4, -0.2) is 90.5 Å². The number of fused-ring (bicyclic) bond motifs is 1. The van der Waals surface area contributed by atoms with E-state index in [1.807, 2.05) is 14.1 Å². The molecule has 2 fully saturated rings. The second-order valence-electron chi connectivity index (χ2n) is 9.57. The van der Waals surface area contributed by atoms with Crippen LogP contribution in [0.15, 0.2) is 36.8 Å². The smallest absolute Gasteiger partial charge is 0.226 e. The van der Waals surface area contributed by atoms with Gasteiger partial charge in [0.15, 0.2) is 0 Å². The van der Waals surface area contributed by atoms with Crippen LogP contribution in [0.25, 0.3) is 11.0 Å². The molecule has 0 unspecified atom stereocenters. The van der Waals surface area contributed by atoms with Crippen molar-refractivity contribution in [2.45, 2.75) is 37.8 Å². The Bertz CT molecular complexity index is 1130. The molecule has 192 valence electrons. The standard InChI is InChI=1S/C26H35N7O3/c1-32(2)11-16-35-24-7-8-29-26(31-24)30-19-3-5-21(6-4-19)36-23-18-20(33-12-14-34-15-13-33)17-22-25(23)28-10-9-27-22/h7-10,17-19,21H,3-6,11-16H2,1-2H3,(H,29,30,31)/t19-,21+. The fraction of sp³-hybridized carbons (Fsp3) is 0.538. The van der Waals surface area contributed by atoms with Crippen molar-refractivity contribution in [3.05, 3.63) is 36.8 Å². The van der Waals surface area contributed by atoms with E-state index in [-0.39, 0.29) is 6.10 Å². The normalized spacial score (nSPS) is 20.5. The van der Waals surface area contributed by atoms with Crippen molar-refractivity contribution in [1.82, 2.24) is 24.8 Å². The average Bonchev–Trinajstić information content (AvgIpc) is 2.90. The molecule has 1 aromatic carbocycles. The summed E-state index contributed by atoms with van der Waals surface area (Å²) in [5.41, 5.74) is 2.78. The first-order valence-electron chi connectivity index (χ1n) is 12.8. The third kappa shape index (κ3) is 6.30. The molecule has 1 N–H and O–H groups in total. The van der Waals surface area contributed by atoms with Crippen molar-refractivity contribution in [3.8, 4) is 11.6 Å². The van der Waals surface area contributed by atoms with Crippen LogP contribution in [0.4, 0.5) is 11.6 Å². The van der Waals surface area contributed by atoms with E-state index in [0.29, 0.717) is 24.5 Å². The number of hydrogen-bond acceptors (Lipinski definition) is 10. The zero-order valence-electron chi connectivity index (χ0n) is 21.1. The van der Waals surface area contributed by atoms with Gasteiger partial charge in [-0.1, -0.05) is 0 Å². The van der Waals surface area contributed by atoms with Crippen LogP contribution >= 0.6 is 0 Å². The van der Waals surface area contributed by atoms with Crippen LogP contribution in [0.2, 0.25) is 0 Å². The highest BCUT2D eigenvalue weighted by atomic mass is 16.5. The largest absolute Gasteiger partial charge is 0.488 e. The lowest BCUT2D eigenvalue weighted by Gasteiger charge is -2.31. The number of nitrogens with one attached hydrogen (secondary N) is 1. The maximum Gasteiger partial charge on any atom is 0.226 e. The SMILES string of the molecule is CN(C)CCOc1ccnc(N[C@H]2CC[C@@H](Oc3cc(N4CCOCC4)cc4nccnc34)CC2)n1. The van der Waals surface area contributed by atoms with Gasteiger partial charge < -0.3 is 29.3 Å². The highest BCUT2D eigenvalue weighted by Gasteiger charge is 2.25. The molecular weight excluding hydrogens is 458 g/mol. The maximum absolute atomic E-state index is 6.54. The van der Waals surface area contributed by atoms with Crippen LogP contribution in [0.1, 0.15) is 25.7 Å². The monoisotopic (exact) mass is 493 g/mol. The molecule has 2 aromatic heterocycles. The Morgan fingerprint density at radius 1 is 1.03 bits per heavy atom. The summed E-state index contributed by atoms with van der Waals surface area (Å²) in [5, 5.41) is 3.48. The fourth-order valence-corrected chi connectivity index (χ4v) is 4.63. The minimum absolute atomic E-state index is 0.134. The van der Waals surface area contributed by atoms with E-state index < -0.39 is 0 Å². The predicted molar refractivity (Wildman–Crippen MR) is 139 cm³/mol. The zero-order chi connectivity index (χ0) is 24.7. The number of hydrogen-bond donors (Lipinski definition) is 1. The molecule has 0 atom stereocenters. The van der Waals surface area contributed by atoms with Crippen LogP contribution in [0, 0.1) is 0 Å². The number of morpholine rings is 1. The zero-order valence-corrected chi connectivity index (χ0v) is 21.1. The van der Waals surface area contributed by atoms with Gasteiger partial charge in [-0.2, -0.15) is 4.98 Å². The highest BCUT2D eigenvalue weighted by Crippen LogP contribution is 2.33. The Morgan fingerprint density at radius 2 is 1.83 bits per heavy atom. The summed E-state index contributed by atoms with van der Waals surface area (Å²) in [6, 6.07) is 6.31. The molecule has 10 nitrogen and oxygen atoms in total. The van der Waals surface area contributed by atoms with Gasteiger partial charge in [0.1, 0.15) is 17.9 Å². The molecule has 1 saturated carbocycles. The Labute approximate surface area is 212 Å². The first-order valence-corrected chi connectivity index (χ1v) is 12.8. The molecule has 2 aliphatic rings. The number of benzene rings is 1. The molecule has 10 heteroatoms. The molecule has 1 saturated heterocycles. The lowest BCUT2D eigenvalue weighted by atomic mass is 9.93. The second kappa shape index (κ2) is 11.7. The Kier molecular flexibility index (Phi) is 7.92. The molecule has 1 aliphatic heterocycles. The first-order chi connectivity index (χ1) is 17.6. The first kappa shape index (κ1) is 24.5. The third-order valence-corrected chi connectivity index (χ3v) is 6.62. The quantitative estimate of drug-likeness (QED) is 0.479. The summed E-state index contributed by atoms with van der Waals surface area (Å²) in [6.07, 6.45) is 9.18. The fourth-order valence-electron chi connectivity index (χ4n) is 4.63. The number of anilines is 2. The van der Waals surface area contributed by atoms with Crippen LogP contribution < -0.4 is 19.7 Å². The van der Waals surface area contributed by atoms with E-state index in [0.717, 1.165) is 81.0 Å². The summed E-state index contributed by atoms with van der Waals surface area (Å²) in [4.78, 5) is 22.4. The van der Waals surface area contributed by atoms with Gasteiger partial charge >= 0.3 is 0 Å². The minimum atomic E-state index is 0.134. The van der Waals surface area contributed by atoms with Crippen molar-refractivity contribution in [2.75, 3.05) is 63.8 Å². The molecule has 0 amide bonds. The van der Waals surface area contributed by atoms with Gasteiger partial charge in [-0.05, 0) is 45.8 Å². The topological polar surface area (TPSA) is 97.8 Å². The lowest BCUT2D eigenvalue weighted by molar-refractivity contribution is 0.122. The Morgan fingerprint density at radius 3 is 2.64 bits per heavy atom. The number of nitrogens with zero attached hydrogens (tertiary/aromatic N) is 6.